The van der Waals surface area contributed by atoms with Gasteiger partial charge in [0.15, 0.2) is 17.5 Å². The second kappa shape index (κ2) is 16.3. The molecule has 6 nitrogen and oxygen atoms in total. The first kappa shape index (κ1) is 36.1. The molecule has 0 aliphatic carbocycles. The fourth-order valence-corrected chi connectivity index (χ4v) is 7.28. The summed E-state index contributed by atoms with van der Waals surface area (Å²) in [6.45, 7) is 0. The Labute approximate surface area is 348 Å². The van der Waals surface area contributed by atoms with E-state index in [1.165, 1.54) is 5.56 Å². The minimum atomic E-state index is 0.620. The first-order valence-electron chi connectivity index (χ1n) is 19.9. The largest absolute Gasteiger partial charge is 0.255 e. The molecule has 0 atom stereocenters. The number of hydrogen-bond acceptors (Lipinski definition) is 6. The molecule has 282 valence electrons. The van der Waals surface area contributed by atoms with Crippen molar-refractivity contribution >= 4 is 0 Å². The normalized spacial score (nSPS) is 11.0. The summed E-state index contributed by atoms with van der Waals surface area (Å²) in [6, 6.07) is 72.2. The summed E-state index contributed by atoms with van der Waals surface area (Å²) in [5.41, 5.74) is 14.5. The quantitative estimate of drug-likeness (QED) is 0.145. The van der Waals surface area contributed by atoms with Crippen LogP contribution in [-0.4, -0.2) is 29.9 Å². The zero-order valence-electron chi connectivity index (χ0n) is 32.5. The first-order chi connectivity index (χ1) is 29.7. The molecule has 10 rings (SSSR count). The van der Waals surface area contributed by atoms with Gasteiger partial charge in [-0.1, -0.05) is 176 Å². The lowest BCUT2D eigenvalue weighted by Gasteiger charge is -2.11. The fraction of sp³-hybridized carbons (Fsp3) is 0. The lowest BCUT2D eigenvalue weighted by Crippen LogP contribution is -2.00. The third kappa shape index (κ3) is 7.73. The van der Waals surface area contributed by atoms with Crippen LogP contribution >= 0.6 is 0 Å². The third-order valence-corrected chi connectivity index (χ3v) is 10.4. The molecule has 0 aliphatic rings. The van der Waals surface area contributed by atoms with Gasteiger partial charge in [-0.3, -0.25) is 4.98 Å². The summed E-state index contributed by atoms with van der Waals surface area (Å²) in [6.07, 6.45) is 1.79. The summed E-state index contributed by atoms with van der Waals surface area (Å²) < 4.78 is 0. The Morgan fingerprint density at radius 1 is 0.200 bits per heavy atom. The van der Waals surface area contributed by atoms with Gasteiger partial charge in [0.1, 0.15) is 0 Å². The molecule has 0 spiro atoms. The Balaban J connectivity index is 0.927. The average Bonchev–Trinajstić information content (AvgIpc) is 3.35. The molecular weight excluding hydrogens is 733 g/mol. The van der Waals surface area contributed by atoms with E-state index < -0.39 is 0 Å². The molecular formula is C54H36N6. The number of aromatic nitrogens is 6. The van der Waals surface area contributed by atoms with Gasteiger partial charge in [-0.25, -0.2) is 24.9 Å². The van der Waals surface area contributed by atoms with Crippen molar-refractivity contribution in [2.24, 2.45) is 0 Å². The van der Waals surface area contributed by atoms with E-state index in [0.29, 0.717) is 17.5 Å². The van der Waals surface area contributed by atoms with Crippen molar-refractivity contribution in [3.8, 4) is 102 Å². The van der Waals surface area contributed by atoms with Crippen molar-refractivity contribution in [3.05, 3.63) is 219 Å². The van der Waals surface area contributed by atoms with Crippen LogP contribution in [0.3, 0.4) is 0 Å². The van der Waals surface area contributed by atoms with Gasteiger partial charge in [-0.2, -0.15) is 0 Å². The molecule has 0 N–H and O–H groups in total. The molecule has 0 saturated heterocycles. The molecule has 0 bridgehead atoms. The first-order valence-corrected chi connectivity index (χ1v) is 19.9. The minimum absolute atomic E-state index is 0.620. The molecule has 4 aromatic heterocycles. The van der Waals surface area contributed by atoms with Gasteiger partial charge < -0.3 is 0 Å². The maximum absolute atomic E-state index is 5.10. The molecule has 0 radical (unpaired) electrons. The molecule has 4 heterocycles. The van der Waals surface area contributed by atoms with Crippen molar-refractivity contribution in [1.29, 1.82) is 0 Å². The lowest BCUT2D eigenvalue weighted by molar-refractivity contribution is 1.07. The van der Waals surface area contributed by atoms with E-state index in [4.69, 9.17) is 24.9 Å². The highest BCUT2D eigenvalue weighted by Crippen LogP contribution is 2.32. The Bertz CT molecular complexity index is 2970. The van der Waals surface area contributed by atoms with E-state index in [-0.39, 0.29) is 0 Å². The maximum atomic E-state index is 5.10. The molecule has 6 aromatic carbocycles. The van der Waals surface area contributed by atoms with E-state index in [2.05, 4.69) is 126 Å². The lowest BCUT2D eigenvalue weighted by atomic mass is 10.0. The number of pyridine rings is 3. The number of benzene rings is 6. The third-order valence-electron chi connectivity index (χ3n) is 10.4. The van der Waals surface area contributed by atoms with E-state index in [1.54, 1.807) is 6.20 Å². The van der Waals surface area contributed by atoms with Gasteiger partial charge >= 0.3 is 0 Å². The van der Waals surface area contributed by atoms with Crippen molar-refractivity contribution < 1.29 is 0 Å². The monoisotopic (exact) mass is 768 g/mol. The van der Waals surface area contributed by atoms with Crippen LogP contribution < -0.4 is 0 Å². The van der Waals surface area contributed by atoms with Gasteiger partial charge in [0.2, 0.25) is 0 Å². The van der Waals surface area contributed by atoms with Crippen molar-refractivity contribution in [3.63, 3.8) is 0 Å². The van der Waals surface area contributed by atoms with E-state index >= 15 is 0 Å². The highest BCUT2D eigenvalue weighted by atomic mass is 15.0. The predicted molar refractivity (Wildman–Crippen MR) is 242 cm³/mol. The van der Waals surface area contributed by atoms with Crippen LogP contribution in [0, 0.1) is 0 Å². The fourth-order valence-electron chi connectivity index (χ4n) is 7.28. The van der Waals surface area contributed by atoms with Crippen LogP contribution in [-0.2, 0) is 0 Å². The summed E-state index contributed by atoms with van der Waals surface area (Å²) in [5, 5.41) is 0. The minimum Gasteiger partial charge on any atom is -0.255 e. The molecule has 0 aliphatic heterocycles. The number of rotatable bonds is 9. The van der Waals surface area contributed by atoms with Gasteiger partial charge in [0.25, 0.3) is 0 Å². The van der Waals surface area contributed by atoms with Gasteiger partial charge in [-0.05, 0) is 69.8 Å². The summed E-state index contributed by atoms with van der Waals surface area (Å²) in [7, 11) is 0. The van der Waals surface area contributed by atoms with Gasteiger partial charge in [0.05, 0.1) is 28.5 Å². The Hall–Kier alpha value is -8.22. The van der Waals surface area contributed by atoms with Crippen molar-refractivity contribution in [1.82, 2.24) is 29.9 Å². The van der Waals surface area contributed by atoms with Crippen LogP contribution in [0.1, 0.15) is 0 Å². The molecule has 6 heteroatoms. The zero-order chi connectivity index (χ0) is 40.1. The second-order valence-corrected chi connectivity index (χ2v) is 14.4. The molecule has 60 heavy (non-hydrogen) atoms. The van der Waals surface area contributed by atoms with Crippen molar-refractivity contribution in [2.75, 3.05) is 0 Å². The standard InChI is InChI=1S/C54H36N6/c1-4-13-37(14-5-1)39-24-30-44(31-25-39)53-58-52(43-17-8-3-9-18-43)59-54(60-53)45-32-26-41(27-33-45)40-22-28-42(29-23-40)47-20-12-21-49(56-47)51-36-46(38-15-6-2-7-16-38)35-50(57-51)48-19-10-11-34-55-48/h1-36H. The Kier molecular flexibility index (Phi) is 9.84. The number of hydrogen-bond donors (Lipinski definition) is 0. The predicted octanol–water partition coefficient (Wildman–Crippen LogP) is 13.1. The van der Waals surface area contributed by atoms with Crippen LogP contribution in [0.15, 0.2) is 219 Å². The van der Waals surface area contributed by atoms with Gasteiger partial charge in [0, 0.05) is 28.5 Å². The summed E-state index contributed by atoms with van der Waals surface area (Å²) in [4.78, 5) is 29.6. The maximum Gasteiger partial charge on any atom is 0.164 e. The van der Waals surface area contributed by atoms with Crippen LogP contribution in [0.4, 0.5) is 0 Å². The topological polar surface area (TPSA) is 77.3 Å². The summed E-state index contributed by atoms with van der Waals surface area (Å²) >= 11 is 0. The van der Waals surface area contributed by atoms with E-state index in [9.17, 15) is 0 Å². The van der Waals surface area contributed by atoms with Crippen LogP contribution in [0.5, 0.6) is 0 Å². The molecule has 10 aromatic rings. The Morgan fingerprint density at radius 2 is 0.550 bits per heavy atom. The highest BCUT2D eigenvalue weighted by molar-refractivity contribution is 5.77. The van der Waals surface area contributed by atoms with E-state index in [0.717, 1.165) is 78.5 Å². The Morgan fingerprint density at radius 3 is 1.05 bits per heavy atom. The molecule has 0 amide bonds. The number of nitrogens with zero attached hydrogens (tertiary/aromatic N) is 6. The van der Waals surface area contributed by atoms with Gasteiger partial charge in [-0.15, -0.1) is 0 Å². The van der Waals surface area contributed by atoms with Crippen LogP contribution in [0.25, 0.3) is 102 Å². The zero-order valence-corrected chi connectivity index (χ0v) is 32.5. The SMILES string of the molecule is c1ccc(-c2ccc(-c3nc(-c4ccccc4)nc(-c4ccc(-c5ccc(-c6cccc(-c7cc(-c8ccccc8)cc(-c8ccccn8)n7)n6)cc5)cc4)n3)cc2)cc1. The van der Waals surface area contributed by atoms with Crippen LogP contribution in [0.2, 0.25) is 0 Å². The molecule has 0 unspecified atom stereocenters. The smallest absolute Gasteiger partial charge is 0.164 e. The second-order valence-electron chi connectivity index (χ2n) is 14.4. The highest BCUT2D eigenvalue weighted by Gasteiger charge is 2.15. The summed E-state index contributed by atoms with van der Waals surface area (Å²) in [5.74, 6) is 1.88. The van der Waals surface area contributed by atoms with Crippen molar-refractivity contribution in [2.45, 2.75) is 0 Å². The molecule has 0 saturated carbocycles. The van der Waals surface area contributed by atoms with E-state index in [1.807, 2.05) is 91.0 Å². The molecule has 0 fully saturated rings. The average molecular weight is 769 g/mol.